The van der Waals surface area contributed by atoms with E-state index in [9.17, 15) is 8.42 Å². The molecule has 5 nitrogen and oxygen atoms in total. The highest BCUT2D eigenvalue weighted by Crippen LogP contribution is 2.47. The van der Waals surface area contributed by atoms with Crippen LogP contribution in [-0.4, -0.2) is 23.4 Å². The molecule has 6 heteroatoms. The van der Waals surface area contributed by atoms with E-state index in [1.54, 1.807) is 24.3 Å². The van der Waals surface area contributed by atoms with Crippen molar-refractivity contribution in [2.45, 2.75) is 9.79 Å². The Morgan fingerprint density at radius 1 is 0.294 bits per heavy atom. The Morgan fingerprint density at radius 3 is 1.10 bits per heavy atom. The van der Waals surface area contributed by atoms with Crippen LogP contribution in [-0.2, 0) is 9.84 Å². The van der Waals surface area contributed by atoms with Crippen LogP contribution in [0.2, 0.25) is 0 Å². The van der Waals surface area contributed by atoms with E-state index in [4.69, 9.17) is 15.0 Å². The molecule has 1 aliphatic rings. The van der Waals surface area contributed by atoms with Gasteiger partial charge < -0.3 is 0 Å². The van der Waals surface area contributed by atoms with Gasteiger partial charge in [-0.25, -0.2) is 23.4 Å². The summed E-state index contributed by atoms with van der Waals surface area (Å²) in [5, 5.41) is 0. The van der Waals surface area contributed by atoms with Gasteiger partial charge in [-0.05, 0) is 51.6 Å². The lowest BCUT2D eigenvalue weighted by Gasteiger charge is -2.18. The number of nitrogens with zero attached hydrogens (tertiary/aromatic N) is 3. The summed E-state index contributed by atoms with van der Waals surface area (Å²) >= 11 is 0. The van der Waals surface area contributed by atoms with E-state index in [0.29, 0.717) is 28.6 Å². The van der Waals surface area contributed by atoms with E-state index < -0.39 is 9.84 Å². The van der Waals surface area contributed by atoms with Crippen molar-refractivity contribution < 1.29 is 8.42 Å². The molecule has 0 spiro atoms. The lowest BCUT2D eigenvalue weighted by atomic mass is 9.86. The van der Waals surface area contributed by atoms with Crippen LogP contribution in [0.4, 0.5) is 0 Å². The zero-order valence-corrected chi connectivity index (χ0v) is 28.1. The highest BCUT2D eigenvalue weighted by atomic mass is 32.2. The zero-order valence-electron chi connectivity index (χ0n) is 27.3. The number of aromatic nitrogens is 3. The van der Waals surface area contributed by atoms with Crippen LogP contribution < -0.4 is 0 Å². The normalized spacial score (nSPS) is 12.6. The van der Waals surface area contributed by atoms with Crippen LogP contribution >= 0.6 is 0 Å². The van der Waals surface area contributed by atoms with Gasteiger partial charge >= 0.3 is 0 Å². The van der Waals surface area contributed by atoms with E-state index in [-0.39, 0.29) is 9.79 Å². The highest BCUT2D eigenvalue weighted by molar-refractivity contribution is 7.91. The second-order valence-corrected chi connectivity index (χ2v) is 14.3. The lowest BCUT2D eigenvalue weighted by molar-refractivity contribution is 0.596. The maximum atomic E-state index is 14.7. The number of hydrogen-bond donors (Lipinski definition) is 0. The molecule has 1 aromatic heterocycles. The van der Waals surface area contributed by atoms with Gasteiger partial charge in [0.2, 0.25) is 9.84 Å². The minimum Gasteiger partial charge on any atom is -0.218 e. The monoisotopic (exact) mass is 675 g/mol. The zero-order chi connectivity index (χ0) is 34.4. The number of benzene rings is 7. The van der Waals surface area contributed by atoms with Gasteiger partial charge in [0, 0.05) is 27.8 Å². The minimum absolute atomic E-state index is 0.251. The Balaban J connectivity index is 1.36. The summed E-state index contributed by atoms with van der Waals surface area (Å²) < 4.78 is 29.5. The average Bonchev–Trinajstić information content (AvgIpc) is 3.21. The molecular weight excluding hydrogens is 647 g/mol. The third kappa shape index (κ3) is 5.34. The molecular formula is C45H29N3O2S. The molecule has 0 fully saturated rings. The van der Waals surface area contributed by atoms with Crippen molar-refractivity contribution in [3.05, 3.63) is 176 Å². The van der Waals surface area contributed by atoms with E-state index in [1.807, 2.05) is 127 Å². The van der Waals surface area contributed by atoms with E-state index in [0.717, 1.165) is 50.1 Å². The molecule has 0 saturated heterocycles. The van der Waals surface area contributed by atoms with Crippen molar-refractivity contribution in [2.24, 2.45) is 0 Å². The van der Waals surface area contributed by atoms with Gasteiger partial charge in [0.05, 0.1) is 9.79 Å². The van der Waals surface area contributed by atoms with Crippen molar-refractivity contribution in [3.63, 3.8) is 0 Å². The van der Waals surface area contributed by atoms with Crippen molar-refractivity contribution in [3.8, 4) is 78.7 Å². The van der Waals surface area contributed by atoms with Gasteiger partial charge in [-0.15, -0.1) is 0 Å². The molecule has 8 aromatic rings. The first-order chi connectivity index (χ1) is 25.1. The van der Waals surface area contributed by atoms with Gasteiger partial charge in [0.15, 0.2) is 17.5 Å². The first-order valence-corrected chi connectivity index (χ1v) is 18.2. The number of hydrogen-bond acceptors (Lipinski definition) is 5. The second kappa shape index (κ2) is 12.4. The maximum Gasteiger partial charge on any atom is 0.207 e. The molecule has 0 saturated carbocycles. The summed E-state index contributed by atoms with van der Waals surface area (Å²) in [5.41, 5.74) is 9.25. The van der Waals surface area contributed by atoms with E-state index in [1.165, 1.54) is 0 Å². The molecule has 242 valence electrons. The van der Waals surface area contributed by atoms with Gasteiger partial charge in [-0.1, -0.05) is 158 Å². The van der Waals surface area contributed by atoms with Gasteiger partial charge in [0.1, 0.15) is 0 Å². The van der Waals surface area contributed by atoms with Crippen LogP contribution in [0.3, 0.4) is 0 Å². The largest absolute Gasteiger partial charge is 0.218 e. The fraction of sp³-hybridized carbons (Fsp3) is 0. The molecule has 9 rings (SSSR count). The van der Waals surface area contributed by atoms with Crippen LogP contribution in [0.1, 0.15) is 0 Å². The maximum absolute atomic E-state index is 14.7. The Morgan fingerprint density at radius 2 is 0.627 bits per heavy atom. The molecule has 0 N–H and O–H groups in total. The van der Waals surface area contributed by atoms with Crippen LogP contribution in [0, 0.1) is 0 Å². The molecule has 0 aliphatic carbocycles. The summed E-state index contributed by atoms with van der Waals surface area (Å²) in [7, 11) is -3.96. The van der Waals surface area contributed by atoms with Crippen molar-refractivity contribution in [2.75, 3.05) is 0 Å². The van der Waals surface area contributed by atoms with Crippen molar-refractivity contribution in [1.82, 2.24) is 15.0 Å². The fourth-order valence-electron chi connectivity index (χ4n) is 6.95. The highest BCUT2D eigenvalue weighted by Gasteiger charge is 2.29. The smallest absolute Gasteiger partial charge is 0.207 e. The second-order valence-electron chi connectivity index (χ2n) is 12.4. The average molecular weight is 676 g/mol. The van der Waals surface area contributed by atoms with Gasteiger partial charge in [-0.3, -0.25) is 0 Å². The molecule has 0 radical (unpaired) electrons. The quantitative estimate of drug-likeness (QED) is 0.186. The first kappa shape index (κ1) is 30.6. The summed E-state index contributed by atoms with van der Waals surface area (Å²) in [6.07, 6.45) is 0. The summed E-state index contributed by atoms with van der Waals surface area (Å²) in [4.78, 5) is 15.4. The van der Waals surface area contributed by atoms with Crippen LogP contribution in [0.5, 0.6) is 0 Å². The number of sulfone groups is 1. The standard InChI is InChI=1S/C45H29N3O2S/c49-51(50)41-25-13-11-23-38(41)35-21-9-7-19-33(35)34-20-8-10-22-36(34)40-29-32(27-28-37(40)39-24-12-14-26-42(39)51)45-47-43(30-15-3-1-4-16-30)46-44(48-45)31-17-5-2-6-18-31/h1-29H. The molecule has 0 amide bonds. The predicted molar refractivity (Wildman–Crippen MR) is 203 cm³/mol. The Bertz CT molecular complexity index is 2650. The molecule has 51 heavy (non-hydrogen) atoms. The van der Waals surface area contributed by atoms with Crippen molar-refractivity contribution >= 4 is 9.84 Å². The topological polar surface area (TPSA) is 72.8 Å². The SMILES string of the molecule is O=S1(=O)c2ccccc2-c2ccccc2-c2ccccc2-c2cc(-c3nc(-c4ccccc4)nc(-c4ccccc4)n3)ccc2-c2ccccc21. The van der Waals surface area contributed by atoms with E-state index in [2.05, 4.69) is 24.3 Å². The molecule has 7 aromatic carbocycles. The molecule has 0 bridgehead atoms. The molecule has 2 heterocycles. The number of fused-ring (bicyclic) bond motifs is 9. The van der Waals surface area contributed by atoms with Crippen LogP contribution in [0.25, 0.3) is 78.7 Å². The number of rotatable bonds is 3. The minimum atomic E-state index is -3.96. The Kier molecular flexibility index (Phi) is 7.45. The summed E-state index contributed by atoms with van der Waals surface area (Å²) in [5.74, 6) is 1.66. The summed E-state index contributed by atoms with van der Waals surface area (Å²) in [6.45, 7) is 0. The van der Waals surface area contributed by atoms with Gasteiger partial charge in [-0.2, -0.15) is 0 Å². The Labute approximate surface area is 296 Å². The van der Waals surface area contributed by atoms with E-state index >= 15 is 0 Å². The van der Waals surface area contributed by atoms with Gasteiger partial charge in [0.25, 0.3) is 0 Å². The van der Waals surface area contributed by atoms with Crippen LogP contribution in [0.15, 0.2) is 186 Å². The first-order valence-electron chi connectivity index (χ1n) is 16.7. The third-order valence-corrected chi connectivity index (χ3v) is 11.2. The van der Waals surface area contributed by atoms with Crippen molar-refractivity contribution in [1.29, 1.82) is 0 Å². The Hall–Kier alpha value is -6.50. The fourth-order valence-corrected chi connectivity index (χ4v) is 8.64. The molecule has 0 unspecified atom stereocenters. The third-order valence-electron chi connectivity index (χ3n) is 9.35. The predicted octanol–water partition coefficient (Wildman–Crippen LogP) is 10.7. The summed E-state index contributed by atoms with van der Waals surface area (Å²) in [6, 6.07) is 56.7. The molecule has 1 aliphatic heterocycles. The lowest BCUT2D eigenvalue weighted by Crippen LogP contribution is -2.06. The molecule has 0 atom stereocenters.